The van der Waals surface area contributed by atoms with Crippen LogP contribution in [0, 0.1) is 11.3 Å². The van der Waals surface area contributed by atoms with Gasteiger partial charge in [0.25, 0.3) is 0 Å². The van der Waals surface area contributed by atoms with Crippen molar-refractivity contribution in [1.29, 1.82) is 0 Å². The standard InChI is InChI=1S/C24H25ClO4/c1-17-11-20-16-29-23(26)24(20,13-17)14-19-7-8-22(21(25)12-19)28-10-9-27-15-18-5-3-2-4-6-18/h2-8,12,20H,1,9-11,13-16H2. The van der Waals surface area contributed by atoms with Crippen molar-refractivity contribution < 1.29 is 19.0 Å². The Kier molecular flexibility index (Phi) is 5.93. The first-order valence-corrected chi connectivity index (χ1v) is 10.3. The van der Waals surface area contributed by atoms with E-state index in [9.17, 15) is 4.79 Å². The van der Waals surface area contributed by atoms with E-state index in [2.05, 4.69) is 6.58 Å². The van der Waals surface area contributed by atoms with Gasteiger partial charge >= 0.3 is 5.97 Å². The minimum absolute atomic E-state index is 0.104. The summed E-state index contributed by atoms with van der Waals surface area (Å²) in [6.07, 6.45) is 2.18. The molecule has 1 aliphatic heterocycles. The molecule has 152 valence electrons. The highest BCUT2D eigenvalue weighted by Crippen LogP contribution is 2.52. The smallest absolute Gasteiger partial charge is 0.313 e. The van der Waals surface area contributed by atoms with Crippen LogP contribution in [0.15, 0.2) is 60.7 Å². The lowest BCUT2D eigenvalue weighted by molar-refractivity contribution is -0.146. The second-order valence-electron chi connectivity index (χ2n) is 7.91. The van der Waals surface area contributed by atoms with E-state index in [1.165, 1.54) is 0 Å². The molecule has 2 unspecified atom stereocenters. The lowest BCUT2D eigenvalue weighted by Crippen LogP contribution is -2.31. The van der Waals surface area contributed by atoms with Gasteiger partial charge in [-0.05, 0) is 42.5 Å². The molecule has 2 aliphatic rings. The number of cyclic esters (lactones) is 1. The zero-order valence-corrected chi connectivity index (χ0v) is 17.1. The quantitative estimate of drug-likeness (QED) is 0.348. The normalized spacial score (nSPS) is 23.1. The second-order valence-corrected chi connectivity index (χ2v) is 8.32. The van der Waals surface area contributed by atoms with Crippen molar-refractivity contribution in [3.63, 3.8) is 0 Å². The van der Waals surface area contributed by atoms with Crippen molar-refractivity contribution >= 4 is 17.6 Å². The van der Waals surface area contributed by atoms with Gasteiger partial charge in [0.05, 0.1) is 30.3 Å². The molecule has 2 aromatic rings. The summed E-state index contributed by atoms with van der Waals surface area (Å²) in [4.78, 5) is 12.4. The largest absolute Gasteiger partial charge is 0.490 e. The molecular formula is C24H25ClO4. The molecule has 1 aliphatic carbocycles. The number of benzene rings is 2. The van der Waals surface area contributed by atoms with Gasteiger partial charge in [-0.25, -0.2) is 0 Å². The number of halogens is 1. The molecule has 0 amide bonds. The lowest BCUT2D eigenvalue weighted by Gasteiger charge is -2.24. The van der Waals surface area contributed by atoms with Gasteiger partial charge in [-0.3, -0.25) is 4.79 Å². The highest BCUT2D eigenvalue weighted by Gasteiger charge is 2.55. The maximum Gasteiger partial charge on any atom is 0.313 e. The zero-order valence-electron chi connectivity index (χ0n) is 16.4. The number of hydrogen-bond acceptors (Lipinski definition) is 4. The molecule has 1 saturated heterocycles. The van der Waals surface area contributed by atoms with E-state index in [1.54, 1.807) is 0 Å². The summed E-state index contributed by atoms with van der Waals surface area (Å²) in [5.74, 6) is 0.740. The average molecular weight is 413 g/mol. The zero-order chi connectivity index (χ0) is 20.3. The van der Waals surface area contributed by atoms with Crippen LogP contribution in [-0.2, 0) is 27.3 Å². The van der Waals surface area contributed by atoms with Gasteiger partial charge < -0.3 is 14.2 Å². The van der Waals surface area contributed by atoms with Crippen molar-refractivity contribution in [3.05, 3.63) is 76.8 Å². The molecule has 2 aromatic carbocycles. The van der Waals surface area contributed by atoms with Crippen LogP contribution in [0.1, 0.15) is 24.0 Å². The van der Waals surface area contributed by atoms with Crippen LogP contribution in [0.5, 0.6) is 5.75 Å². The first-order chi connectivity index (χ1) is 14.1. The van der Waals surface area contributed by atoms with Crippen LogP contribution >= 0.6 is 11.6 Å². The number of carbonyl (C=O) groups excluding carboxylic acids is 1. The topological polar surface area (TPSA) is 44.8 Å². The van der Waals surface area contributed by atoms with E-state index in [4.69, 9.17) is 25.8 Å². The first kappa shape index (κ1) is 20.0. The van der Waals surface area contributed by atoms with Crippen LogP contribution in [0.25, 0.3) is 0 Å². The van der Waals surface area contributed by atoms with Crippen LogP contribution in [-0.4, -0.2) is 25.8 Å². The molecule has 0 N–H and O–H groups in total. The van der Waals surface area contributed by atoms with Gasteiger partial charge in [-0.2, -0.15) is 0 Å². The molecule has 1 heterocycles. The summed E-state index contributed by atoms with van der Waals surface area (Å²) in [6, 6.07) is 15.8. The average Bonchev–Trinajstić information content (AvgIpc) is 3.18. The van der Waals surface area contributed by atoms with E-state index in [-0.39, 0.29) is 11.9 Å². The molecule has 2 atom stereocenters. The van der Waals surface area contributed by atoms with Crippen molar-refractivity contribution in [3.8, 4) is 5.75 Å². The molecular weight excluding hydrogens is 388 g/mol. The Morgan fingerprint density at radius 2 is 1.97 bits per heavy atom. The highest BCUT2D eigenvalue weighted by atomic mass is 35.5. The molecule has 4 nitrogen and oxygen atoms in total. The molecule has 29 heavy (non-hydrogen) atoms. The molecule has 1 saturated carbocycles. The predicted octanol–water partition coefficient (Wildman–Crippen LogP) is 4.99. The predicted molar refractivity (Wildman–Crippen MR) is 112 cm³/mol. The molecule has 0 spiro atoms. The number of fused-ring (bicyclic) bond motifs is 1. The fourth-order valence-corrected chi connectivity index (χ4v) is 4.63. The summed E-state index contributed by atoms with van der Waals surface area (Å²) < 4.78 is 16.7. The molecule has 5 heteroatoms. The summed E-state index contributed by atoms with van der Waals surface area (Å²) in [6.45, 7) is 6.04. The van der Waals surface area contributed by atoms with Crippen molar-refractivity contribution in [2.24, 2.45) is 11.3 Å². The Bertz CT molecular complexity index is 895. The number of hydrogen-bond donors (Lipinski definition) is 0. The van der Waals surface area contributed by atoms with E-state index in [0.29, 0.717) is 50.0 Å². The third-order valence-electron chi connectivity index (χ3n) is 5.82. The van der Waals surface area contributed by atoms with Gasteiger partial charge in [0.2, 0.25) is 0 Å². The number of carbonyl (C=O) groups is 1. The number of ether oxygens (including phenoxy) is 3. The molecule has 4 rings (SSSR count). The molecule has 0 aromatic heterocycles. The highest BCUT2D eigenvalue weighted by molar-refractivity contribution is 6.32. The van der Waals surface area contributed by atoms with Gasteiger partial charge in [0.1, 0.15) is 12.4 Å². The second kappa shape index (κ2) is 8.60. The van der Waals surface area contributed by atoms with Crippen LogP contribution in [0.2, 0.25) is 5.02 Å². The van der Waals surface area contributed by atoms with Crippen molar-refractivity contribution in [2.45, 2.75) is 25.9 Å². The fraction of sp³-hybridized carbons (Fsp3) is 0.375. The molecule has 2 fully saturated rings. The van der Waals surface area contributed by atoms with Gasteiger partial charge in [-0.15, -0.1) is 0 Å². The van der Waals surface area contributed by atoms with Crippen LogP contribution < -0.4 is 4.74 Å². The third kappa shape index (κ3) is 4.34. The van der Waals surface area contributed by atoms with Gasteiger partial charge in [-0.1, -0.05) is 60.2 Å². The maximum absolute atomic E-state index is 12.4. The van der Waals surface area contributed by atoms with E-state index in [0.717, 1.165) is 23.1 Å². The van der Waals surface area contributed by atoms with E-state index < -0.39 is 5.41 Å². The van der Waals surface area contributed by atoms with Crippen molar-refractivity contribution in [2.75, 3.05) is 19.8 Å². The fourth-order valence-electron chi connectivity index (χ4n) is 4.37. The Morgan fingerprint density at radius 3 is 2.76 bits per heavy atom. The first-order valence-electron chi connectivity index (χ1n) is 9.93. The number of esters is 1. The SMILES string of the molecule is C=C1CC2COC(=O)C2(Cc2ccc(OCCOCc3ccccc3)c(Cl)c2)C1. The number of allylic oxidation sites excluding steroid dienone is 1. The Balaban J connectivity index is 1.31. The Labute approximate surface area is 176 Å². The minimum atomic E-state index is -0.478. The van der Waals surface area contributed by atoms with E-state index in [1.807, 2.05) is 48.5 Å². The lowest BCUT2D eigenvalue weighted by atomic mass is 9.75. The van der Waals surface area contributed by atoms with Crippen molar-refractivity contribution in [1.82, 2.24) is 0 Å². The minimum Gasteiger partial charge on any atom is -0.490 e. The van der Waals surface area contributed by atoms with E-state index >= 15 is 0 Å². The summed E-state index contributed by atoms with van der Waals surface area (Å²) in [5.41, 5.74) is 2.80. The monoisotopic (exact) mass is 412 g/mol. The van der Waals surface area contributed by atoms with Crippen LogP contribution in [0.4, 0.5) is 0 Å². The summed E-state index contributed by atoms with van der Waals surface area (Å²) >= 11 is 6.43. The van der Waals surface area contributed by atoms with Gasteiger partial charge in [0, 0.05) is 5.92 Å². The maximum atomic E-state index is 12.4. The summed E-state index contributed by atoms with van der Waals surface area (Å²) in [5, 5.41) is 0.543. The third-order valence-corrected chi connectivity index (χ3v) is 6.11. The molecule has 0 bridgehead atoms. The molecule has 0 radical (unpaired) electrons. The van der Waals surface area contributed by atoms with Crippen LogP contribution in [0.3, 0.4) is 0 Å². The van der Waals surface area contributed by atoms with Gasteiger partial charge in [0.15, 0.2) is 0 Å². The Morgan fingerprint density at radius 1 is 1.14 bits per heavy atom. The Hall–Kier alpha value is -2.30. The summed E-state index contributed by atoms with van der Waals surface area (Å²) in [7, 11) is 0. The number of rotatable bonds is 8.